The van der Waals surface area contributed by atoms with Gasteiger partial charge in [0.1, 0.15) is 17.2 Å². The average molecular weight is 481 g/mol. The molecule has 0 bridgehead atoms. The monoisotopic (exact) mass is 480 g/mol. The van der Waals surface area contributed by atoms with E-state index in [1.165, 1.54) is 30.0 Å². The predicted molar refractivity (Wildman–Crippen MR) is 123 cm³/mol. The number of nitrogens with zero attached hydrogens (tertiary/aromatic N) is 1. The molecule has 0 aliphatic carbocycles. The summed E-state index contributed by atoms with van der Waals surface area (Å²) in [6.45, 7) is 7.04. The fraction of sp³-hybridized carbons (Fsp3) is 0.458. The molecule has 180 valence electrons. The molecule has 0 saturated carbocycles. The number of hydrogen-bond acceptors (Lipinski definition) is 4. The van der Waals surface area contributed by atoms with E-state index in [1.54, 1.807) is 45.0 Å². The summed E-state index contributed by atoms with van der Waals surface area (Å²) >= 11 is 0. The highest BCUT2D eigenvalue weighted by Gasteiger charge is 2.41. The van der Waals surface area contributed by atoms with Gasteiger partial charge < -0.3 is 9.64 Å². The number of sulfonamides is 1. The maximum atomic E-state index is 15.5. The summed E-state index contributed by atoms with van der Waals surface area (Å²) in [4.78, 5) is 14.3. The summed E-state index contributed by atoms with van der Waals surface area (Å²) in [5, 5.41) is 0. The lowest BCUT2D eigenvalue weighted by atomic mass is 9.96. The van der Waals surface area contributed by atoms with Gasteiger partial charge in [-0.2, -0.15) is 0 Å². The van der Waals surface area contributed by atoms with Crippen LogP contribution in [-0.4, -0.2) is 49.4 Å². The van der Waals surface area contributed by atoms with Crippen LogP contribution in [0.5, 0.6) is 0 Å². The van der Waals surface area contributed by atoms with Gasteiger partial charge in [0.15, 0.2) is 0 Å². The van der Waals surface area contributed by atoms with Crippen LogP contribution in [0.15, 0.2) is 42.5 Å². The average Bonchev–Trinajstić information content (AvgIpc) is 3.10. The fourth-order valence-electron chi connectivity index (χ4n) is 3.95. The van der Waals surface area contributed by atoms with Gasteiger partial charge in [-0.05, 0) is 63.8 Å². The first kappa shape index (κ1) is 25.1. The number of benzene rings is 2. The largest absolute Gasteiger partial charge is 0.444 e. The van der Waals surface area contributed by atoms with E-state index in [9.17, 15) is 17.6 Å². The first-order valence-electron chi connectivity index (χ1n) is 10.9. The number of nitrogens with one attached hydrogen (secondary N) is 1. The quantitative estimate of drug-likeness (QED) is 0.661. The second-order valence-corrected chi connectivity index (χ2v) is 11.2. The number of ether oxygens (including phenoxy) is 1. The van der Waals surface area contributed by atoms with Crippen molar-refractivity contribution in [1.82, 2.24) is 9.62 Å². The van der Waals surface area contributed by atoms with Crippen LogP contribution >= 0.6 is 0 Å². The Morgan fingerprint density at radius 2 is 1.88 bits per heavy atom. The molecule has 1 aliphatic heterocycles. The molecule has 1 amide bonds. The topological polar surface area (TPSA) is 75.7 Å². The predicted octanol–water partition coefficient (Wildman–Crippen LogP) is 4.49. The zero-order valence-corrected chi connectivity index (χ0v) is 20.1. The van der Waals surface area contributed by atoms with Crippen molar-refractivity contribution >= 4 is 16.1 Å². The van der Waals surface area contributed by atoms with Gasteiger partial charge in [0, 0.05) is 18.2 Å². The number of likely N-dealkylation sites (tertiary alicyclic amines) is 1. The molecule has 1 saturated heterocycles. The van der Waals surface area contributed by atoms with Gasteiger partial charge in [0.05, 0.1) is 11.8 Å². The zero-order chi connectivity index (χ0) is 24.4. The van der Waals surface area contributed by atoms with Crippen molar-refractivity contribution in [3.63, 3.8) is 0 Å². The van der Waals surface area contributed by atoms with Crippen molar-refractivity contribution in [3.8, 4) is 11.1 Å². The third kappa shape index (κ3) is 6.29. The van der Waals surface area contributed by atoms with Crippen LogP contribution in [0.4, 0.5) is 13.6 Å². The van der Waals surface area contributed by atoms with E-state index in [0.29, 0.717) is 17.5 Å². The Morgan fingerprint density at radius 3 is 2.52 bits per heavy atom. The highest BCUT2D eigenvalue weighted by Crippen LogP contribution is 2.30. The van der Waals surface area contributed by atoms with Gasteiger partial charge in [-0.15, -0.1) is 0 Å². The summed E-state index contributed by atoms with van der Waals surface area (Å²) < 4.78 is 61.8. The van der Waals surface area contributed by atoms with Crippen LogP contribution in [0.1, 0.15) is 39.7 Å². The molecule has 1 heterocycles. The molecular formula is C24H30F2N2O4S. The Hall–Kier alpha value is -2.52. The molecule has 2 atom stereocenters. The first-order chi connectivity index (χ1) is 15.4. The molecule has 0 unspecified atom stereocenters. The van der Waals surface area contributed by atoms with E-state index >= 15 is 4.39 Å². The number of amides is 1. The van der Waals surface area contributed by atoms with Crippen molar-refractivity contribution < 1.29 is 26.7 Å². The normalized spacial score (nSPS) is 19.0. The minimum atomic E-state index is -3.54. The Bertz CT molecular complexity index is 1120. The lowest BCUT2D eigenvalue weighted by Gasteiger charge is -2.31. The Morgan fingerprint density at radius 1 is 1.18 bits per heavy atom. The van der Waals surface area contributed by atoms with Crippen LogP contribution < -0.4 is 4.72 Å². The van der Waals surface area contributed by atoms with E-state index in [0.717, 1.165) is 0 Å². The van der Waals surface area contributed by atoms with Crippen molar-refractivity contribution in [2.24, 2.45) is 0 Å². The van der Waals surface area contributed by atoms with Crippen molar-refractivity contribution in [3.05, 3.63) is 59.7 Å². The van der Waals surface area contributed by atoms with E-state index in [2.05, 4.69) is 4.72 Å². The van der Waals surface area contributed by atoms with Crippen LogP contribution in [-0.2, 0) is 21.2 Å². The molecule has 0 radical (unpaired) electrons. The highest BCUT2D eigenvalue weighted by molar-refractivity contribution is 7.89. The fourth-order valence-corrected chi connectivity index (χ4v) is 4.85. The number of carbonyl (C=O) groups excluding carboxylic acids is 1. The van der Waals surface area contributed by atoms with Gasteiger partial charge in [0.2, 0.25) is 10.0 Å². The number of halogens is 2. The third-order valence-corrected chi connectivity index (χ3v) is 6.95. The van der Waals surface area contributed by atoms with Crippen molar-refractivity contribution in [2.75, 3.05) is 12.3 Å². The van der Waals surface area contributed by atoms with Gasteiger partial charge >= 0.3 is 6.09 Å². The van der Waals surface area contributed by atoms with E-state index in [4.69, 9.17) is 4.74 Å². The second-order valence-electron chi connectivity index (χ2n) is 9.15. The summed E-state index contributed by atoms with van der Waals surface area (Å²) in [6, 6.07) is 9.25. The summed E-state index contributed by atoms with van der Waals surface area (Å²) in [7, 11) is -3.54. The second kappa shape index (κ2) is 9.77. The lowest BCUT2D eigenvalue weighted by Crippen LogP contribution is -2.49. The smallest absolute Gasteiger partial charge is 0.410 e. The minimum absolute atomic E-state index is 0.0745. The first-order valence-corrected chi connectivity index (χ1v) is 12.6. The Kier molecular flexibility index (Phi) is 7.43. The lowest BCUT2D eigenvalue weighted by molar-refractivity contribution is 0.0218. The standard InChI is InChI=1S/C24H30F2N2O4S/c1-5-33(30,31)27-20-12-13-28(23(29)32-24(2,3)4)21(20)15-17-9-7-11-19(22(17)26)16-8-6-10-18(25)14-16/h6-11,14,20-21,27H,5,12-13,15H2,1-4H3/t20-,21-/m0/s1. The molecule has 1 fully saturated rings. The van der Waals surface area contributed by atoms with E-state index in [1.807, 2.05) is 0 Å². The Labute approximate surface area is 194 Å². The molecule has 3 rings (SSSR count). The zero-order valence-electron chi connectivity index (χ0n) is 19.3. The van der Waals surface area contributed by atoms with Gasteiger partial charge in [-0.25, -0.2) is 26.7 Å². The van der Waals surface area contributed by atoms with Crippen molar-refractivity contribution in [1.29, 1.82) is 0 Å². The van der Waals surface area contributed by atoms with E-state index in [-0.39, 0.29) is 24.3 Å². The van der Waals surface area contributed by atoms with E-state index < -0.39 is 45.4 Å². The van der Waals surface area contributed by atoms with Gasteiger partial charge in [0.25, 0.3) is 0 Å². The summed E-state index contributed by atoms with van der Waals surface area (Å²) in [5.41, 5.74) is 0.205. The van der Waals surface area contributed by atoms with Gasteiger partial charge in [-0.1, -0.05) is 30.3 Å². The number of rotatable bonds is 6. The van der Waals surface area contributed by atoms with Crippen LogP contribution in [0.2, 0.25) is 0 Å². The molecule has 0 spiro atoms. The molecule has 2 aromatic carbocycles. The highest BCUT2D eigenvalue weighted by atomic mass is 32.2. The molecular weight excluding hydrogens is 450 g/mol. The third-order valence-electron chi connectivity index (χ3n) is 5.53. The molecule has 2 aromatic rings. The van der Waals surface area contributed by atoms with Crippen LogP contribution in [0, 0.1) is 11.6 Å². The molecule has 0 aromatic heterocycles. The SMILES string of the molecule is CCS(=O)(=O)N[C@H]1CCN(C(=O)OC(C)(C)C)[C@H]1Cc1cccc(-c2cccc(F)c2)c1F. The Balaban J connectivity index is 1.95. The number of hydrogen-bond donors (Lipinski definition) is 1. The minimum Gasteiger partial charge on any atom is -0.444 e. The molecule has 9 heteroatoms. The summed E-state index contributed by atoms with van der Waals surface area (Å²) in [5.74, 6) is -1.11. The maximum Gasteiger partial charge on any atom is 0.410 e. The van der Waals surface area contributed by atoms with Gasteiger partial charge in [-0.3, -0.25) is 0 Å². The maximum absolute atomic E-state index is 15.5. The van der Waals surface area contributed by atoms with Crippen LogP contribution in [0.3, 0.4) is 0 Å². The molecule has 1 aliphatic rings. The summed E-state index contributed by atoms with van der Waals surface area (Å²) in [6.07, 6.45) is -0.119. The molecule has 1 N–H and O–H groups in total. The van der Waals surface area contributed by atoms with Crippen molar-refractivity contribution in [2.45, 2.75) is 58.2 Å². The van der Waals surface area contributed by atoms with Crippen LogP contribution in [0.25, 0.3) is 11.1 Å². The molecule has 6 nitrogen and oxygen atoms in total. The number of carbonyl (C=O) groups is 1. The molecule has 33 heavy (non-hydrogen) atoms.